The molecule has 0 saturated heterocycles. The Bertz CT molecular complexity index is 1710. The summed E-state index contributed by atoms with van der Waals surface area (Å²) in [6.45, 7) is 3.48. The van der Waals surface area contributed by atoms with Crippen molar-refractivity contribution in [3.63, 3.8) is 0 Å². The first-order chi connectivity index (χ1) is 38.8. The van der Waals surface area contributed by atoms with E-state index in [4.69, 9.17) is 24.3 Å². The number of unbranched alkanes of at least 4 members (excludes halogenated alkanes) is 26. The van der Waals surface area contributed by atoms with Crippen molar-refractivity contribution in [2.75, 3.05) is 26.4 Å². The van der Waals surface area contributed by atoms with Crippen molar-refractivity contribution in [1.82, 2.24) is 0 Å². The number of carbonyl (C=O) groups is 2. The van der Waals surface area contributed by atoms with Crippen LogP contribution in [0, 0.1) is 0 Å². The van der Waals surface area contributed by atoms with Gasteiger partial charge in [-0.1, -0.05) is 277 Å². The first-order valence-electron chi connectivity index (χ1n) is 32.0. The zero-order chi connectivity index (χ0) is 57.3. The van der Waals surface area contributed by atoms with Gasteiger partial charge in [-0.05, 0) is 103 Å². The van der Waals surface area contributed by atoms with Crippen molar-refractivity contribution < 1.29 is 37.6 Å². The third-order valence-electron chi connectivity index (χ3n) is 13.3. The minimum atomic E-state index is -4.41. The molecule has 0 heterocycles. The van der Waals surface area contributed by atoms with Crippen LogP contribution in [0.1, 0.15) is 271 Å². The molecule has 452 valence electrons. The number of phosphoric acid groups is 1. The largest absolute Gasteiger partial charge is 0.472 e. The third-order valence-corrected chi connectivity index (χ3v) is 14.3. The van der Waals surface area contributed by atoms with Crippen LogP contribution >= 0.6 is 7.82 Å². The van der Waals surface area contributed by atoms with Crippen LogP contribution in [-0.2, 0) is 32.7 Å². The van der Waals surface area contributed by atoms with Crippen LogP contribution in [-0.4, -0.2) is 49.3 Å². The fourth-order valence-electron chi connectivity index (χ4n) is 8.69. The minimum Gasteiger partial charge on any atom is -0.462 e. The quantitative estimate of drug-likeness (QED) is 0.0264. The molecule has 0 bridgehead atoms. The van der Waals surface area contributed by atoms with Crippen LogP contribution in [0.4, 0.5) is 0 Å². The molecule has 0 aliphatic rings. The van der Waals surface area contributed by atoms with Crippen LogP contribution in [0.2, 0.25) is 0 Å². The highest BCUT2D eigenvalue weighted by Crippen LogP contribution is 2.43. The topological polar surface area (TPSA) is 134 Å². The van der Waals surface area contributed by atoms with Crippen molar-refractivity contribution in [2.24, 2.45) is 5.73 Å². The summed E-state index contributed by atoms with van der Waals surface area (Å²) in [5.74, 6) is -0.877. The molecule has 0 radical (unpaired) electrons. The highest BCUT2D eigenvalue weighted by molar-refractivity contribution is 7.47. The Kier molecular flexibility index (Phi) is 60.7. The molecule has 3 N–H and O–H groups in total. The minimum absolute atomic E-state index is 0.0416. The lowest BCUT2D eigenvalue weighted by molar-refractivity contribution is -0.161. The van der Waals surface area contributed by atoms with Gasteiger partial charge >= 0.3 is 19.8 Å². The molecule has 0 aromatic rings. The van der Waals surface area contributed by atoms with Crippen molar-refractivity contribution in [3.8, 4) is 0 Å². The Labute approximate surface area is 485 Å². The summed E-state index contributed by atoms with van der Waals surface area (Å²) in [5.41, 5.74) is 5.38. The molecule has 0 aliphatic heterocycles. The first-order valence-corrected chi connectivity index (χ1v) is 33.5. The molecule has 2 unspecified atom stereocenters. The summed E-state index contributed by atoms with van der Waals surface area (Å²) in [6.07, 6.45) is 88.7. The Morgan fingerprint density at radius 1 is 0.380 bits per heavy atom. The van der Waals surface area contributed by atoms with Crippen LogP contribution < -0.4 is 5.73 Å². The zero-order valence-corrected chi connectivity index (χ0v) is 51.5. The normalized spacial score (nSPS) is 13.8. The van der Waals surface area contributed by atoms with Gasteiger partial charge < -0.3 is 20.1 Å². The number of rotatable bonds is 59. The van der Waals surface area contributed by atoms with Gasteiger partial charge in [0, 0.05) is 19.4 Å². The van der Waals surface area contributed by atoms with Crippen molar-refractivity contribution in [1.29, 1.82) is 0 Å². The number of hydrogen-bond acceptors (Lipinski definition) is 8. The van der Waals surface area contributed by atoms with Gasteiger partial charge in [-0.25, -0.2) is 4.57 Å². The van der Waals surface area contributed by atoms with E-state index in [2.05, 4.69) is 135 Å². The number of allylic oxidation sites excluding steroid dienone is 20. The average molecular weight is 1120 g/mol. The maximum Gasteiger partial charge on any atom is 0.472 e. The van der Waals surface area contributed by atoms with E-state index < -0.39 is 32.5 Å². The van der Waals surface area contributed by atoms with Gasteiger partial charge in [-0.2, -0.15) is 0 Å². The summed E-state index contributed by atoms with van der Waals surface area (Å²) >= 11 is 0. The van der Waals surface area contributed by atoms with E-state index in [1.165, 1.54) is 141 Å². The maximum atomic E-state index is 12.7. The second-order valence-electron chi connectivity index (χ2n) is 20.9. The van der Waals surface area contributed by atoms with Gasteiger partial charge in [0.05, 0.1) is 13.2 Å². The van der Waals surface area contributed by atoms with Gasteiger partial charge in [0.15, 0.2) is 6.10 Å². The molecular formula is C69H118NO8P. The highest BCUT2D eigenvalue weighted by atomic mass is 31.2. The summed E-state index contributed by atoms with van der Waals surface area (Å²) in [5, 5.41) is 0. The van der Waals surface area contributed by atoms with Gasteiger partial charge in [-0.3, -0.25) is 18.6 Å². The lowest BCUT2D eigenvalue weighted by atomic mass is 10.0. The lowest BCUT2D eigenvalue weighted by Crippen LogP contribution is -2.29. The standard InChI is InChI=1S/C69H118NO8P/c1-3-5-7-9-11-13-15-17-19-21-23-25-26-27-28-29-30-31-32-33-34-35-36-37-38-39-40-42-43-45-47-49-51-53-55-57-59-61-68(71)75-65-67(66-77-79(73,74)76-64-63-70)78-69(72)62-60-58-56-54-52-50-48-46-44-41-24-22-20-18-16-14-12-10-8-6-4-2/h5-8,11-14,17-20,23-25,41,46,48,52,54,67H,3-4,9-10,15-16,21-22,26-40,42-45,47,49-51,53,55-66,70H2,1-2H3,(H,73,74)/b7-5-,8-6-,13-11-,14-12-,19-17-,20-18-,25-23-,41-24-,48-46-,54-52-. The molecule has 0 aromatic heterocycles. The van der Waals surface area contributed by atoms with Crippen LogP contribution in [0.25, 0.3) is 0 Å². The predicted molar refractivity (Wildman–Crippen MR) is 339 cm³/mol. The molecule has 0 spiro atoms. The fraction of sp³-hybridized carbons (Fsp3) is 0.681. The molecule has 0 aliphatic carbocycles. The molecule has 79 heavy (non-hydrogen) atoms. The molecule has 0 fully saturated rings. The van der Waals surface area contributed by atoms with Gasteiger partial charge in [0.25, 0.3) is 0 Å². The van der Waals surface area contributed by atoms with E-state index in [0.717, 1.165) is 96.3 Å². The number of phosphoric ester groups is 1. The number of carbonyl (C=O) groups excluding carboxylic acids is 2. The highest BCUT2D eigenvalue weighted by Gasteiger charge is 2.26. The van der Waals surface area contributed by atoms with E-state index in [1.807, 2.05) is 0 Å². The summed E-state index contributed by atoms with van der Waals surface area (Å²) in [6, 6.07) is 0. The molecule has 0 rings (SSSR count). The molecule has 0 amide bonds. The van der Waals surface area contributed by atoms with E-state index in [1.54, 1.807) is 0 Å². The Morgan fingerprint density at radius 3 is 1.00 bits per heavy atom. The van der Waals surface area contributed by atoms with Gasteiger partial charge in [0.1, 0.15) is 6.61 Å². The van der Waals surface area contributed by atoms with E-state index in [-0.39, 0.29) is 32.6 Å². The number of hydrogen-bond donors (Lipinski definition) is 2. The summed E-state index contributed by atoms with van der Waals surface area (Å²) < 4.78 is 33.0. The van der Waals surface area contributed by atoms with E-state index in [0.29, 0.717) is 6.42 Å². The number of esters is 2. The summed E-state index contributed by atoms with van der Waals surface area (Å²) in [4.78, 5) is 35.2. The van der Waals surface area contributed by atoms with Crippen LogP contribution in [0.15, 0.2) is 122 Å². The molecule has 9 nitrogen and oxygen atoms in total. The third kappa shape index (κ3) is 63.5. The number of ether oxygens (including phenoxy) is 2. The maximum absolute atomic E-state index is 12.7. The van der Waals surface area contributed by atoms with Gasteiger partial charge in [0.2, 0.25) is 0 Å². The Morgan fingerprint density at radius 2 is 0.658 bits per heavy atom. The second-order valence-corrected chi connectivity index (χ2v) is 22.3. The van der Waals surface area contributed by atoms with Crippen molar-refractivity contribution in [2.45, 2.75) is 277 Å². The van der Waals surface area contributed by atoms with Crippen LogP contribution in [0.3, 0.4) is 0 Å². The molecule has 10 heteroatoms. The lowest BCUT2D eigenvalue weighted by Gasteiger charge is -2.19. The fourth-order valence-corrected chi connectivity index (χ4v) is 9.46. The average Bonchev–Trinajstić information content (AvgIpc) is 3.44. The Hall–Kier alpha value is -3.59. The summed E-state index contributed by atoms with van der Waals surface area (Å²) in [7, 11) is -4.41. The second kappa shape index (κ2) is 63.6. The van der Waals surface area contributed by atoms with Crippen LogP contribution in [0.5, 0.6) is 0 Å². The SMILES string of the molecule is CC/C=C\C/C=C\C/C=C\C/C=C\C/C=C\C/C=C\CCCCC(=O)OC(COC(=O)CCCCCCCCCCCCCCCCCCCCCCCCCC/C=C\C/C=C\C/C=C\C/C=C\CC)COP(=O)(O)OCCN. The molecular weight excluding hydrogens is 1000 g/mol. The van der Waals surface area contributed by atoms with Crippen molar-refractivity contribution in [3.05, 3.63) is 122 Å². The predicted octanol–water partition coefficient (Wildman–Crippen LogP) is 20.7. The molecule has 0 aromatic carbocycles. The van der Waals surface area contributed by atoms with Gasteiger partial charge in [-0.15, -0.1) is 0 Å². The number of nitrogens with two attached hydrogens (primary N) is 1. The van der Waals surface area contributed by atoms with E-state index in [9.17, 15) is 19.0 Å². The molecule has 2 atom stereocenters. The molecule has 0 saturated carbocycles. The Balaban J connectivity index is 3.89. The van der Waals surface area contributed by atoms with Crippen molar-refractivity contribution >= 4 is 19.8 Å². The smallest absolute Gasteiger partial charge is 0.462 e. The monoisotopic (exact) mass is 1120 g/mol. The zero-order valence-electron chi connectivity index (χ0n) is 50.6. The van der Waals surface area contributed by atoms with E-state index >= 15 is 0 Å². The first kappa shape index (κ1) is 75.4.